The number of amides is 1. The first-order chi connectivity index (χ1) is 8.70. The van der Waals surface area contributed by atoms with Crippen molar-refractivity contribution in [3.63, 3.8) is 0 Å². The first-order valence-corrected chi connectivity index (χ1v) is 8.15. The molecular formula is C13H11Br2NOS. The summed E-state index contributed by atoms with van der Waals surface area (Å²) in [4.78, 5) is 12.6. The van der Waals surface area contributed by atoms with E-state index in [0.29, 0.717) is 11.4 Å². The molecule has 0 unspecified atom stereocenters. The number of halogens is 2. The van der Waals surface area contributed by atoms with Gasteiger partial charge in [-0.1, -0.05) is 40.2 Å². The van der Waals surface area contributed by atoms with Crippen molar-refractivity contribution in [2.45, 2.75) is 11.9 Å². The zero-order valence-corrected chi connectivity index (χ0v) is 13.4. The molecule has 0 spiro atoms. The van der Waals surface area contributed by atoms with Crippen molar-refractivity contribution in [2.24, 2.45) is 0 Å². The van der Waals surface area contributed by atoms with Crippen molar-refractivity contribution < 1.29 is 4.79 Å². The highest BCUT2D eigenvalue weighted by Gasteiger charge is 2.10. The molecular weight excluding hydrogens is 378 g/mol. The molecule has 0 aliphatic carbocycles. The Balaban J connectivity index is 1.99. The average Bonchev–Trinajstić information content (AvgIpc) is 2.82. The molecule has 94 valence electrons. The molecule has 0 atom stereocenters. The maximum Gasteiger partial charge on any atom is 0.262 e. The molecule has 5 heteroatoms. The van der Waals surface area contributed by atoms with Crippen molar-refractivity contribution in [1.82, 2.24) is 5.32 Å². The number of hydrogen-bond acceptors (Lipinski definition) is 2. The second-order valence-electron chi connectivity index (χ2n) is 3.73. The van der Waals surface area contributed by atoms with Crippen molar-refractivity contribution in [2.75, 3.05) is 0 Å². The van der Waals surface area contributed by atoms with E-state index in [2.05, 4.69) is 49.3 Å². The minimum atomic E-state index is -0.0406. The lowest BCUT2D eigenvalue weighted by Gasteiger charge is -2.05. The van der Waals surface area contributed by atoms with Gasteiger partial charge in [0.05, 0.1) is 0 Å². The molecule has 1 N–H and O–H groups in total. The van der Waals surface area contributed by atoms with Gasteiger partial charge in [-0.05, 0) is 38.5 Å². The third-order valence-electron chi connectivity index (χ3n) is 2.42. The Morgan fingerprint density at radius 1 is 1.28 bits per heavy atom. The molecule has 0 fully saturated rings. The van der Waals surface area contributed by atoms with Crippen LogP contribution in [-0.2, 0) is 11.9 Å². The predicted molar refractivity (Wildman–Crippen MR) is 82.3 cm³/mol. The van der Waals surface area contributed by atoms with Gasteiger partial charge < -0.3 is 5.32 Å². The Hall–Kier alpha value is -0.650. The molecule has 0 aliphatic heterocycles. The second-order valence-corrected chi connectivity index (χ2v) is 6.07. The highest BCUT2D eigenvalue weighted by molar-refractivity contribution is 9.10. The minimum Gasteiger partial charge on any atom is -0.347 e. The van der Waals surface area contributed by atoms with E-state index in [0.717, 1.165) is 15.4 Å². The quantitative estimate of drug-likeness (QED) is 0.775. The fourth-order valence-corrected chi connectivity index (χ4v) is 3.36. The highest BCUT2D eigenvalue weighted by Crippen LogP contribution is 2.22. The molecule has 1 amide bonds. The fourth-order valence-electron chi connectivity index (χ4n) is 1.54. The monoisotopic (exact) mass is 387 g/mol. The van der Waals surface area contributed by atoms with Gasteiger partial charge in [-0.3, -0.25) is 4.79 Å². The highest BCUT2D eigenvalue weighted by atomic mass is 79.9. The fraction of sp³-hybridized carbons (Fsp3) is 0.154. The SMILES string of the molecule is O=C(NCc1cccc(CBr)c1)c1sccc1Br. The van der Waals surface area contributed by atoms with Crippen molar-refractivity contribution in [3.05, 3.63) is 56.2 Å². The van der Waals surface area contributed by atoms with E-state index in [9.17, 15) is 4.79 Å². The number of nitrogens with one attached hydrogen (secondary N) is 1. The maximum absolute atomic E-state index is 11.9. The van der Waals surface area contributed by atoms with Gasteiger partial charge in [-0.15, -0.1) is 11.3 Å². The summed E-state index contributed by atoms with van der Waals surface area (Å²) in [7, 11) is 0. The van der Waals surface area contributed by atoms with Gasteiger partial charge in [0, 0.05) is 16.3 Å². The summed E-state index contributed by atoms with van der Waals surface area (Å²) in [5.41, 5.74) is 2.31. The lowest BCUT2D eigenvalue weighted by molar-refractivity contribution is 0.0954. The van der Waals surface area contributed by atoms with Crippen molar-refractivity contribution >= 4 is 49.1 Å². The van der Waals surface area contributed by atoms with Gasteiger partial charge in [0.25, 0.3) is 5.91 Å². The zero-order chi connectivity index (χ0) is 13.0. The molecule has 2 aromatic rings. The largest absolute Gasteiger partial charge is 0.347 e. The van der Waals surface area contributed by atoms with E-state index in [1.54, 1.807) is 0 Å². The van der Waals surface area contributed by atoms with Crippen LogP contribution in [0.2, 0.25) is 0 Å². The van der Waals surface area contributed by atoms with Crippen LogP contribution in [0.1, 0.15) is 20.8 Å². The summed E-state index contributed by atoms with van der Waals surface area (Å²) in [6.45, 7) is 0.546. The number of carbonyl (C=O) groups excluding carboxylic acids is 1. The molecule has 1 aromatic carbocycles. The van der Waals surface area contributed by atoms with Crippen molar-refractivity contribution in [1.29, 1.82) is 0 Å². The van der Waals surface area contributed by atoms with Crippen LogP contribution in [0.15, 0.2) is 40.2 Å². The molecule has 2 nitrogen and oxygen atoms in total. The van der Waals surface area contributed by atoms with Gasteiger partial charge in [0.15, 0.2) is 0 Å². The molecule has 2 rings (SSSR count). The van der Waals surface area contributed by atoms with Crippen LogP contribution < -0.4 is 5.32 Å². The first-order valence-electron chi connectivity index (χ1n) is 5.35. The smallest absolute Gasteiger partial charge is 0.262 e. The number of rotatable bonds is 4. The normalized spacial score (nSPS) is 10.3. The summed E-state index contributed by atoms with van der Waals surface area (Å²) >= 11 is 8.21. The van der Waals surface area contributed by atoms with E-state index in [-0.39, 0.29) is 5.91 Å². The van der Waals surface area contributed by atoms with Gasteiger partial charge in [-0.2, -0.15) is 0 Å². The van der Waals surface area contributed by atoms with Gasteiger partial charge >= 0.3 is 0 Å². The molecule has 0 aliphatic rings. The van der Waals surface area contributed by atoms with Crippen LogP contribution in [0.25, 0.3) is 0 Å². The van der Waals surface area contributed by atoms with E-state index in [4.69, 9.17) is 0 Å². The molecule has 1 aromatic heterocycles. The van der Waals surface area contributed by atoms with Crippen LogP contribution in [0.4, 0.5) is 0 Å². The molecule has 0 saturated heterocycles. The summed E-state index contributed by atoms with van der Waals surface area (Å²) in [6.07, 6.45) is 0. The van der Waals surface area contributed by atoms with E-state index < -0.39 is 0 Å². The molecule has 18 heavy (non-hydrogen) atoms. The Labute approximate surface area is 127 Å². The van der Waals surface area contributed by atoms with Crippen LogP contribution in [-0.4, -0.2) is 5.91 Å². The summed E-state index contributed by atoms with van der Waals surface area (Å²) < 4.78 is 0.846. The minimum absolute atomic E-state index is 0.0406. The molecule has 1 heterocycles. The Kier molecular flexibility index (Phi) is 4.97. The van der Waals surface area contributed by atoms with Crippen LogP contribution in [0.3, 0.4) is 0 Å². The van der Waals surface area contributed by atoms with Crippen molar-refractivity contribution in [3.8, 4) is 0 Å². The van der Waals surface area contributed by atoms with Crippen LogP contribution in [0.5, 0.6) is 0 Å². The molecule has 0 bridgehead atoms. The van der Waals surface area contributed by atoms with E-state index >= 15 is 0 Å². The second kappa shape index (κ2) is 6.50. The lowest BCUT2D eigenvalue weighted by atomic mass is 10.1. The lowest BCUT2D eigenvalue weighted by Crippen LogP contribution is -2.22. The Morgan fingerprint density at radius 3 is 2.72 bits per heavy atom. The molecule has 0 saturated carbocycles. The number of alkyl halides is 1. The summed E-state index contributed by atoms with van der Waals surface area (Å²) in [5, 5.41) is 5.64. The zero-order valence-electron chi connectivity index (χ0n) is 9.45. The van der Waals surface area contributed by atoms with Gasteiger partial charge in [0.1, 0.15) is 4.88 Å². The summed E-state index contributed by atoms with van der Waals surface area (Å²) in [6, 6.07) is 10.0. The number of benzene rings is 1. The first kappa shape index (κ1) is 13.8. The number of thiophene rings is 1. The van der Waals surface area contributed by atoms with Crippen LogP contribution in [0, 0.1) is 0 Å². The summed E-state index contributed by atoms with van der Waals surface area (Å²) in [5.74, 6) is -0.0406. The third kappa shape index (κ3) is 3.43. The topological polar surface area (TPSA) is 29.1 Å². The van der Waals surface area contributed by atoms with E-state index in [1.807, 2.05) is 23.6 Å². The Morgan fingerprint density at radius 2 is 2.06 bits per heavy atom. The standard InChI is InChI=1S/C13H11Br2NOS/c14-7-9-2-1-3-10(6-9)8-16-13(17)12-11(15)4-5-18-12/h1-6H,7-8H2,(H,16,17). The van der Waals surface area contributed by atoms with E-state index in [1.165, 1.54) is 16.9 Å². The maximum atomic E-state index is 11.9. The third-order valence-corrected chi connectivity index (χ3v) is 4.91. The van der Waals surface area contributed by atoms with Gasteiger partial charge in [0.2, 0.25) is 0 Å². The number of hydrogen-bond donors (Lipinski definition) is 1. The average molecular weight is 389 g/mol. The predicted octanol–water partition coefficient (Wildman–Crippen LogP) is 4.34. The number of carbonyl (C=O) groups is 1. The molecule has 0 radical (unpaired) electrons. The van der Waals surface area contributed by atoms with Crippen LogP contribution >= 0.6 is 43.2 Å². The Bertz CT molecular complexity index is 553. The van der Waals surface area contributed by atoms with Gasteiger partial charge in [-0.25, -0.2) is 0 Å².